The second-order valence-corrected chi connectivity index (χ2v) is 7.18. The highest BCUT2D eigenvalue weighted by atomic mass is 19.1. The predicted molar refractivity (Wildman–Crippen MR) is 105 cm³/mol. The van der Waals surface area contributed by atoms with Crippen molar-refractivity contribution in [2.24, 2.45) is 0 Å². The molecule has 2 fully saturated rings. The maximum Gasteiger partial charge on any atom is 0.321 e. The van der Waals surface area contributed by atoms with Crippen LogP contribution in [-0.4, -0.2) is 59.4 Å². The molecule has 7 nitrogen and oxygen atoms in total. The summed E-state index contributed by atoms with van der Waals surface area (Å²) < 4.78 is 13.3. The van der Waals surface area contributed by atoms with E-state index in [4.69, 9.17) is 0 Å². The van der Waals surface area contributed by atoms with E-state index in [2.05, 4.69) is 10.6 Å². The summed E-state index contributed by atoms with van der Waals surface area (Å²) in [6.07, 6.45) is 0.429. The summed E-state index contributed by atoms with van der Waals surface area (Å²) in [6.45, 7) is 0.671. The fraction of sp³-hybridized carbons (Fsp3) is 0.286. The van der Waals surface area contributed by atoms with Gasteiger partial charge < -0.3 is 20.4 Å². The Morgan fingerprint density at radius 2 is 1.90 bits per heavy atom. The van der Waals surface area contributed by atoms with E-state index in [0.29, 0.717) is 18.7 Å². The van der Waals surface area contributed by atoms with Gasteiger partial charge >= 0.3 is 6.03 Å². The maximum absolute atomic E-state index is 13.3. The number of rotatable bonds is 3. The monoisotopic (exact) mass is 396 g/mol. The molecule has 8 heteroatoms. The molecule has 2 heterocycles. The van der Waals surface area contributed by atoms with Crippen LogP contribution in [0.15, 0.2) is 54.6 Å². The Balaban J connectivity index is 1.41. The van der Waals surface area contributed by atoms with Crippen LogP contribution in [0.1, 0.15) is 5.56 Å². The van der Waals surface area contributed by atoms with Gasteiger partial charge in [0.05, 0.1) is 6.54 Å². The molecule has 4 rings (SSSR count). The molecular weight excluding hydrogens is 375 g/mol. The topological polar surface area (TPSA) is 81.8 Å². The van der Waals surface area contributed by atoms with Gasteiger partial charge in [-0.3, -0.25) is 9.59 Å². The minimum absolute atomic E-state index is 0.0940. The Kier molecular flexibility index (Phi) is 5.16. The van der Waals surface area contributed by atoms with E-state index >= 15 is 0 Å². The molecule has 2 N–H and O–H groups in total. The lowest BCUT2D eigenvalue weighted by Crippen LogP contribution is -2.70. The van der Waals surface area contributed by atoms with Gasteiger partial charge in [0, 0.05) is 25.2 Å². The summed E-state index contributed by atoms with van der Waals surface area (Å²) in [5.74, 6) is -0.855. The molecule has 2 aromatic carbocycles. The second kappa shape index (κ2) is 7.90. The standard InChI is InChI=1S/C21H21FN4O3/c22-15-7-4-8-16(12-15)23-21(29)25-9-10-26-18(13-25)19(27)24-17(20(26)28)11-14-5-2-1-3-6-14/h1-8,12,17-18H,9-11,13H2,(H,23,29)(H,24,27)/t17-,18-/m1/s1. The summed E-state index contributed by atoms with van der Waals surface area (Å²) in [5.41, 5.74) is 1.31. The Labute approximate surface area is 167 Å². The zero-order chi connectivity index (χ0) is 20.4. The van der Waals surface area contributed by atoms with E-state index in [-0.39, 0.29) is 24.9 Å². The summed E-state index contributed by atoms with van der Waals surface area (Å²) in [5, 5.41) is 5.42. The van der Waals surface area contributed by atoms with Crippen molar-refractivity contribution in [2.75, 3.05) is 25.0 Å². The first kappa shape index (κ1) is 18.9. The average Bonchev–Trinajstić information content (AvgIpc) is 2.72. The lowest BCUT2D eigenvalue weighted by Gasteiger charge is -2.45. The Bertz CT molecular complexity index is 937. The molecule has 0 radical (unpaired) electrons. The van der Waals surface area contributed by atoms with E-state index in [0.717, 1.165) is 5.56 Å². The van der Waals surface area contributed by atoms with Gasteiger partial charge in [0.2, 0.25) is 11.8 Å². The number of piperazine rings is 2. The number of benzene rings is 2. The Morgan fingerprint density at radius 1 is 1.10 bits per heavy atom. The first-order chi connectivity index (χ1) is 14.0. The molecule has 150 valence electrons. The Morgan fingerprint density at radius 3 is 2.66 bits per heavy atom. The van der Waals surface area contributed by atoms with Gasteiger partial charge in [-0.1, -0.05) is 36.4 Å². The molecule has 0 aliphatic carbocycles. The average molecular weight is 396 g/mol. The number of halogens is 1. The van der Waals surface area contributed by atoms with Gasteiger partial charge in [-0.2, -0.15) is 0 Å². The van der Waals surface area contributed by atoms with Gasteiger partial charge in [-0.25, -0.2) is 9.18 Å². The SMILES string of the molecule is O=C1N[C@H](Cc2ccccc2)C(=O)N2CCN(C(=O)Nc3cccc(F)c3)C[C@H]12. The van der Waals surface area contributed by atoms with Gasteiger partial charge in [0.25, 0.3) is 0 Å². The molecule has 0 unspecified atom stereocenters. The Hall–Kier alpha value is -3.42. The third-order valence-electron chi connectivity index (χ3n) is 5.23. The summed E-state index contributed by atoms with van der Waals surface area (Å²) >= 11 is 0. The van der Waals surface area contributed by atoms with Crippen molar-refractivity contribution >= 4 is 23.5 Å². The van der Waals surface area contributed by atoms with Gasteiger partial charge in [-0.05, 0) is 23.8 Å². The number of anilines is 1. The lowest BCUT2D eigenvalue weighted by atomic mass is 9.99. The highest BCUT2D eigenvalue weighted by molar-refractivity contribution is 5.98. The molecule has 0 aromatic heterocycles. The maximum atomic E-state index is 13.3. The number of carbonyl (C=O) groups is 3. The van der Waals surface area contributed by atoms with Crippen LogP contribution in [0.25, 0.3) is 0 Å². The smallest absolute Gasteiger partial charge is 0.321 e. The number of amides is 4. The highest BCUT2D eigenvalue weighted by Crippen LogP contribution is 2.19. The number of fused-ring (bicyclic) bond motifs is 1. The number of urea groups is 1. The van der Waals surface area contributed by atoms with Crippen LogP contribution in [0, 0.1) is 5.82 Å². The minimum Gasteiger partial charge on any atom is -0.342 e. The minimum atomic E-state index is -0.721. The van der Waals surface area contributed by atoms with E-state index < -0.39 is 23.9 Å². The zero-order valence-electron chi connectivity index (χ0n) is 15.7. The molecule has 0 spiro atoms. The van der Waals surface area contributed by atoms with Crippen LogP contribution < -0.4 is 10.6 Å². The van der Waals surface area contributed by atoms with Crippen LogP contribution >= 0.6 is 0 Å². The van der Waals surface area contributed by atoms with Crippen LogP contribution in [0.5, 0.6) is 0 Å². The van der Waals surface area contributed by atoms with Crippen molar-refractivity contribution < 1.29 is 18.8 Å². The van der Waals surface area contributed by atoms with Crippen LogP contribution in [-0.2, 0) is 16.0 Å². The molecular formula is C21H21FN4O3. The number of hydrogen-bond acceptors (Lipinski definition) is 3. The largest absolute Gasteiger partial charge is 0.342 e. The number of hydrogen-bond donors (Lipinski definition) is 2. The quantitative estimate of drug-likeness (QED) is 0.827. The molecule has 2 aliphatic rings. The van der Waals surface area contributed by atoms with E-state index in [9.17, 15) is 18.8 Å². The first-order valence-electron chi connectivity index (χ1n) is 9.47. The van der Waals surface area contributed by atoms with Crippen molar-refractivity contribution in [1.82, 2.24) is 15.1 Å². The predicted octanol–water partition coefficient (Wildman–Crippen LogP) is 1.61. The number of carbonyl (C=O) groups excluding carboxylic acids is 3. The van der Waals surface area contributed by atoms with Gasteiger partial charge in [-0.15, -0.1) is 0 Å². The van der Waals surface area contributed by atoms with Crippen molar-refractivity contribution in [3.8, 4) is 0 Å². The number of nitrogens with zero attached hydrogens (tertiary/aromatic N) is 2. The van der Waals surface area contributed by atoms with Gasteiger partial charge in [0.1, 0.15) is 17.9 Å². The van der Waals surface area contributed by atoms with E-state index in [1.54, 1.807) is 11.0 Å². The third kappa shape index (κ3) is 4.06. The van der Waals surface area contributed by atoms with Crippen LogP contribution in [0.3, 0.4) is 0 Å². The molecule has 4 amide bonds. The van der Waals surface area contributed by atoms with E-state index in [1.165, 1.54) is 23.1 Å². The fourth-order valence-corrected chi connectivity index (χ4v) is 3.74. The van der Waals surface area contributed by atoms with Crippen molar-refractivity contribution in [1.29, 1.82) is 0 Å². The molecule has 2 atom stereocenters. The van der Waals surface area contributed by atoms with Gasteiger partial charge in [0.15, 0.2) is 0 Å². The normalized spacial score (nSPS) is 21.4. The molecule has 0 bridgehead atoms. The summed E-state index contributed by atoms with van der Waals surface area (Å²) in [6, 6.07) is 13.4. The lowest BCUT2D eigenvalue weighted by molar-refractivity contribution is -0.152. The first-order valence-corrected chi connectivity index (χ1v) is 9.47. The summed E-state index contributed by atoms with van der Waals surface area (Å²) in [7, 11) is 0. The van der Waals surface area contributed by atoms with Crippen molar-refractivity contribution in [2.45, 2.75) is 18.5 Å². The molecule has 29 heavy (non-hydrogen) atoms. The summed E-state index contributed by atoms with van der Waals surface area (Å²) in [4.78, 5) is 41.0. The van der Waals surface area contributed by atoms with Crippen molar-refractivity contribution in [3.05, 3.63) is 66.0 Å². The molecule has 2 saturated heterocycles. The highest BCUT2D eigenvalue weighted by Gasteiger charge is 2.44. The molecule has 2 aromatic rings. The zero-order valence-corrected chi connectivity index (χ0v) is 15.7. The number of nitrogens with one attached hydrogen (secondary N) is 2. The van der Waals surface area contributed by atoms with Crippen LogP contribution in [0.2, 0.25) is 0 Å². The third-order valence-corrected chi connectivity index (χ3v) is 5.23. The van der Waals surface area contributed by atoms with Crippen LogP contribution in [0.4, 0.5) is 14.9 Å². The fourth-order valence-electron chi connectivity index (χ4n) is 3.74. The molecule has 0 saturated carbocycles. The van der Waals surface area contributed by atoms with Crippen molar-refractivity contribution in [3.63, 3.8) is 0 Å². The van der Waals surface area contributed by atoms with E-state index in [1.807, 2.05) is 30.3 Å². The molecule has 2 aliphatic heterocycles. The second-order valence-electron chi connectivity index (χ2n) is 7.18.